The van der Waals surface area contributed by atoms with Crippen LogP contribution in [0.5, 0.6) is 5.75 Å². The number of ether oxygens (including phenoxy) is 1. The van der Waals surface area contributed by atoms with E-state index < -0.39 is 0 Å². The Morgan fingerprint density at radius 2 is 2.11 bits per heavy atom. The molecule has 0 fully saturated rings. The summed E-state index contributed by atoms with van der Waals surface area (Å²) in [5, 5.41) is 4.00. The van der Waals surface area contributed by atoms with Gasteiger partial charge in [0.25, 0.3) is 5.91 Å². The Morgan fingerprint density at radius 3 is 2.85 bits per heavy atom. The number of thiazole rings is 1. The lowest BCUT2D eigenvalue weighted by Gasteiger charge is -2.10. The molecular weight excluding hydrogens is 448 g/mol. The highest BCUT2D eigenvalue weighted by atomic mass is 79.9. The molecular formula is C20H18BrClN2O2S. The van der Waals surface area contributed by atoms with Gasteiger partial charge in [0.2, 0.25) is 0 Å². The lowest BCUT2D eigenvalue weighted by Crippen LogP contribution is -2.20. The number of aryl methyl sites for hydroxylation is 2. The molecule has 3 aromatic rings. The average Bonchev–Trinajstić information content (AvgIpc) is 3.00. The predicted octanol–water partition coefficient (Wildman–Crippen LogP) is 6.11. The Balaban J connectivity index is 1.66. The van der Waals surface area contributed by atoms with Crippen LogP contribution in [0.1, 0.15) is 17.4 Å². The number of carbonyl (C=O) groups excluding carboxylic acids is 1. The first-order chi connectivity index (χ1) is 13.0. The molecule has 4 nitrogen and oxygen atoms in total. The Hall–Kier alpha value is -1.89. The molecule has 0 saturated carbocycles. The highest BCUT2D eigenvalue weighted by Gasteiger charge is 2.13. The molecule has 0 aliphatic heterocycles. The molecule has 1 amide bonds. The van der Waals surface area contributed by atoms with Crippen LogP contribution in [0.25, 0.3) is 11.3 Å². The second-order valence-electron chi connectivity index (χ2n) is 5.88. The van der Waals surface area contributed by atoms with Gasteiger partial charge in [0.05, 0.1) is 5.69 Å². The van der Waals surface area contributed by atoms with E-state index in [0.29, 0.717) is 15.9 Å². The van der Waals surface area contributed by atoms with Crippen LogP contribution in [0.3, 0.4) is 0 Å². The number of hydrogen-bond donors (Lipinski definition) is 1. The number of nitrogens with zero attached hydrogens (tertiary/aromatic N) is 1. The van der Waals surface area contributed by atoms with Gasteiger partial charge in [-0.05, 0) is 49.2 Å². The van der Waals surface area contributed by atoms with Crippen LogP contribution in [0.4, 0.5) is 5.13 Å². The van der Waals surface area contributed by atoms with Gasteiger partial charge in [0, 0.05) is 19.9 Å². The van der Waals surface area contributed by atoms with Crippen LogP contribution < -0.4 is 10.1 Å². The standard InChI is InChI=1S/C20H18BrClN2O2S/c1-3-13-9-15(21)7-8-17(13)26-11-18(25)23-20-24-19(12(2)27-20)14-5-4-6-16(22)10-14/h4-10H,3,11H2,1-2H3,(H,23,24,25). The Morgan fingerprint density at radius 1 is 1.30 bits per heavy atom. The first kappa shape index (κ1) is 19.9. The van der Waals surface area contributed by atoms with E-state index in [1.54, 1.807) is 0 Å². The van der Waals surface area contributed by atoms with E-state index in [9.17, 15) is 4.79 Å². The highest BCUT2D eigenvalue weighted by molar-refractivity contribution is 9.10. The van der Waals surface area contributed by atoms with Gasteiger partial charge in [0.15, 0.2) is 11.7 Å². The molecule has 0 spiro atoms. The predicted molar refractivity (Wildman–Crippen MR) is 115 cm³/mol. The largest absolute Gasteiger partial charge is 0.483 e. The second-order valence-corrected chi connectivity index (χ2v) is 8.43. The molecule has 27 heavy (non-hydrogen) atoms. The minimum atomic E-state index is -0.244. The third-order valence-corrected chi connectivity index (χ3v) is 5.52. The lowest BCUT2D eigenvalue weighted by molar-refractivity contribution is -0.118. The van der Waals surface area contributed by atoms with E-state index in [2.05, 4.69) is 26.2 Å². The summed E-state index contributed by atoms with van der Waals surface area (Å²) in [5.41, 5.74) is 2.79. The monoisotopic (exact) mass is 464 g/mol. The zero-order chi connectivity index (χ0) is 19.4. The minimum absolute atomic E-state index is 0.0697. The van der Waals surface area contributed by atoms with Crippen molar-refractivity contribution in [2.45, 2.75) is 20.3 Å². The Kier molecular flexibility index (Phi) is 6.52. The number of rotatable bonds is 6. The highest BCUT2D eigenvalue weighted by Crippen LogP contribution is 2.31. The first-order valence-corrected chi connectivity index (χ1v) is 10.4. The molecule has 0 radical (unpaired) electrons. The van der Waals surface area contributed by atoms with E-state index in [4.69, 9.17) is 16.3 Å². The van der Waals surface area contributed by atoms with Gasteiger partial charge in [-0.3, -0.25) is 10.1 Å². The summed E-state index contributed by atoms with van der Waals surface area (Å²) < 4.78 is 6.67. The van der Waals surface area contributed by atoms with E-state index in [1.807, 2.05) is 56.3 Å². The number of anilines is 1. The van der Waals surface area contributed by atoms with Crippen molar-refractivity contribution in [3.63, 3.8) is 0 Å². The van der Waals surface area contributed by atoms with Crippen LogP contribution >= 0.6 is 38.9 Å². The third-order valence-electron chi connectivity index (χ3n) is 3.90. The summed E-state index contributed by atoms with van der Waals surface area (Å²) >= 11 is 10.9. The second kappa shape index (κ2) is 8.87. The summed E-state index contributed by atoms with van der Waals surface area (Å²) in [6.07, 6.45) is 0.824. The molecule has 0 saturated heterocycles. The zero-order valence-corrected chi connectivity index (χ0v) is 18.0. The normalized spacial score (nSPS) is 10.7. The van der Waals surface area contributed by atoms with E-state index in [-0.39, 0.29) is 12.5 Å². The maximum atomic E-state index is 12.3. The Labute approximate surface area is 175 Å². The van der Waals surface area contributed by atoms with Crippen LogP contribution in [0.15, 0.2) is 46.9 Å². The molecule has 0 aliphatic rings. The molecule has 1 aromatic heterocycles. The molecule has 1 heterocycles. The fraction of sp³-hybridized carbons (Fsp3) is 0.200. The average molecular weight is 466 g/mol. The van der Waals surface area contributed by atoms with Gasteiger partial charge < -0.3 is 4.74 Å². The topological polar surface area (TPSA) is 51.2 Å². The quantitative estimate of drug-likeness (QED) is 0.477. The van der Waals surface area contributed by atoms with Crippen molar-refractivity contribution in [2.75, 3.05) is 11.9 Å². The maximum Gasteiger partial charge on any atom is 0.264 e. The number of aromatic nitrogens is 1. The molecule has 7 heteroatoms. The fourth-order valence-electron chi connectivity index (χ4n) is 2.62. The van der Waals surface area contributed by atoms with Crippen molar-refractivity contribution >= 4 is 49.9 Å². The van der Waals surface area contributed by atoms with Gasteiger partial charge >= 0.3 is 0 Å². The number of hydrogen-bond acceptors (Lipinski definition) is 4. The molecule has 140 valence electrons. The number of halogens is 2. The summed E-state index contributed by atoms with van der Waals surface area (Å²) in [6.45, 7) is 3.94. The van der Waals surface area contributed by atoms with Gasteiger partial charge in [-0.15, -0.1) is 11.3 Å². The fourth-order valence-corrected chi connectivity index (χ4v) is 4.07. The number of carbonyl (C=O) groups is 1. The molecule has 0 bridgehead atoms. The number of benzene rings is 2. The van der Waals surface area contributed by atoms with Gasteiger partial charge in [0.1, 0.15) is 5.75 Å². The molecule has 0 unspecified atom stereocenters. The van der Waals surface area contributed by atoms with Crippen molar-refractivity contribution in [1.82, 2.24) is 4.98 Å². The molecule has 1 N–H and O–H groups in total. The van der Waals surface area contributed by atoms with Crippen LogP contribution in [0, 0.1) is 6.92 Å². The van der Waals surface area contributed by atoms with Crippen molar-refractivity contribution < 1.29 is 9.53 Å². The summed E-state index contributed by atoms with van der Waals surface area (Å²) in [7, 11) is 0. The van der Waals surface area contributed by atoms with Gasteiger partial charge in [-0.25, -0.2) is 4.98 Å². The van der Waals surface area contributed by atoms with Crippen molar-refractivity contribution in [3.05, 3.63) is 62.4 Å². The minimum Gasteiger partial charge on any atom is -0.483 e. The van der Waals surface area contributed by atoms with Crippen LogP contribution in [0.2, 0.25) is 5.02 Å². The maximum absolute atomic E-state index is 12.3. The summed E-state index contributed by atoms with van der Waals surface area (Å²) in [4.78, 5) is 17.8. The summed E-state index contributed by atoms with van der Waals surface area (Å²) in [5.74, 6) is 0.470. The van der Waals surface area contributed by atoms with Crippen molar-refractivity contribution in [3.8, 4) is 17.0 Å². The molecule has 3 rings (SSSR count). The van der Waals surface area contributed by atoms with Gasteiger partial charge in [-0.1, -0.05) is 46.6 Å². The lowest BCUT2D eigenvalue weighted by atomic mass is 10.1. The summed E-state index contributed by atoms with van der Waals surface area (Å²) in [6, 6.07) is 13.3. The Bertz CT molecular complexity index is 974. The zero-order valence-electron chi connectivity index (χ0n) is 14.9. The first-order valence-electron chi connectivity index (χ1n) is 8.40. The SMILES string of the molecule is CCc1cc(Br)ccc1OCC(=O)Nc1nc(-c2cccc(Cl)c2)c(C)s1. The van der Waals surface area contributed by atoms with E-state index in [1.165, 1.54) is 11.3 Å². The molecule has 0 atom stereocenters. The van der Waals surface area contributed by atoms with Crippen LogP contribution in [-0.2, 0) is 11.2 Å². The smallest absolute Gasteiger partial charge is 0.264 e. The number of nitrogens with one attached hydrogen (secondary N) is 1. The third kappa shape index (κ3) is 5.09. The van der Waals surface area contributed by atoms with Crippen LogP contribution in [-0.4, -0.2) is 17.5 Å². The molecule has 2 aromatic carbocycles. The van der Waals surface area contributed by atoms with Crippen molar-refractivity contribution in [2.24, 2.45) is 0 Å². The molecule has 0 aliphatic carbocycles. The van der Waals surface area contributed by atoms with Crippen molar-refractivity contribution in [1.29, 1.82) is 0 Å². The van der Waals surface area contributed by atoms with E-state index in [0.717, 1.165) is 32.6 Å². The van der Waals surface area contributed by atoms with Gasteiger partial charge in [-0.2, -0.15) is 0 Å². The number of amides is 1. The van der Waals surface area contributed by atoms with E-state index >= 15 is 0 Å².